The summed E-state index contributed by atoms with van der Waals surface area (Å²) in [6.07, 6.45) is -4.55. The normalized spacial score (nSPS) is 11.5. The number of halogens is 3. The van der Waals surface area contributed by atoms with Crippen molar-refractivity contribution in [3.63, 3.8) is 0 Å². The number of alkyl halides is 3. The van der Waals surface area contributed by atoms with Gasteiger partial charge in [0.2, 0.25) is 6.41 Å². The van der Waals surface area contributed by atoms with Gasteiger partial charge in [0.05, 0.1) is 6.54 Å². The summed E-state index contributed by atoms with van der Waals surface area (Å²) in [7, 11) is 0. The van der Waals surface area contributed by atoms with E-state index in [1.807, 2.05) is 0 Å². The number of aryl methyl sites for hydroxylation is 2. The van der Waals surface area contributed by atoms with E-state index in [2.05, 4.69) is 4.74 Å². The molecule has 35 heavy (non-hydrogen) atoms. The molecular formula is C24H27F3N2O6. The third-order valence-corrected chi connectivity index (χ3v) is 5.03. The summed E-state index contributed by atoms with van der Waals surface area (Å²) in [6.45, 7) is 7.83. The van der Waals surface area contributed by atoms with Crippen LogP contribution in [0.15, 0.2) is 36.4 Å². The van der Waals surface area contributed by atoms with Crippen LogP contribution in [-0.2, 0) is 16.1 Å². The van der Waals surface area contributed by atoms with Gasteiger partial charge in [-0.25, -0.2) is 9.59 Å². The average Bonchev–Trinajstić information content (AvgIpc) is 2.74. The summed E-state index contributed by atoms with van der Waals surface area (Å²) in [6, 6.07) is 7.49. The van der Waals surface area contributed by atoms with Crippen molar-refractivity contribution in [3.8, 4) is 11.5 Å². The number of rotatable bonds is 9. The number of urea groups is 1. The fourth-order valence-corrected chi connectivity index (χ4v) is 3.37. The first kappa shape index (κ1) is 27.5. The van der Waals surface area contributed by atoms with Gasteiger partial charge in [-0.1, -0.05) is 18.2 Å². The first-order valence-electron chi connectivity index (χ1n) is 10.6. The lowest BCUT2D eigenvalue weighted by Gasteiger charge is -2.27. The second-order valence-electron chi connectivity index (χ2n) is 8.28. The number of nitrogens with zero attached hydrogens (tertiary/aromatic N) is 2. The molecule has 0 heterocycles. The maximum atomic E-state index is 13.1. The first-order chi connectivity index (χ1) is 16.2. The topological polar surface area (TPSA) is 96.4 Å². The van der Waals surface area contributed by atoms with Gasteiger partial charge >= 0.3 is 18.4 Å². The smallest absolute Gasteiger partial charge is 0.478 e. The van der Waals surface area contributed by atoms with Crippen LogP contribution in [0.1, 0.15) is 37.5 Å². The van der Waals surface area contributed by atoms with Crippen LogP contribution in [0, 0.1) is 13.8 Å². The van der Waals surface area contributed by atoms with E-state index in [0.29, 0.717) is 28.8 Å². The number of imide groups is 1. The van der Waals surface area contributed by atoms with Gasteiger partial charge in [-0.15, -0.1) is 13.2 Å². The molecule has 0 aliphatic rings. The first-order valence-corrected chi connectivity index (χ1v) is 10.6. The number of aliphatic carboxylic acids is 1. The third-order valence-electron chi connectivity index (χ3n) is 5.03. The second-order valence-corrected chi connectivity index (χ2v) is 8.28. The molecule has 0 aliphatic carbocycles. The van der Waals surface area contributed by atoms with E-state index < -0.39 is 29.7 Å². The fraction of sp³-hybridized carbons (Fsp3) is 0.375. The maximum absolute atomic E-state index is 13.1. The number of amides is 3. The Morgan fingerprint density at radius 2 is 1.66 bits per heavy atom. The number of anilines is 1. The molecule has 190 valence electrons. The number of carbonyl (C=O) groups excluding carboxylic acids is 2. The van der Waals surface area contributed by atoms with Gasteiger partial charge in [0.1, 0.15) is 11.5 Å². The standard InChI is InChI=1S/C24H27F3N2O6/c1-6-29(18-8-7-9-19(12-18)34-24(25,26)27)22(33)28(14-30)13-17-10-15(2)20(16(3)11-17)35-23(4,5)21(31)32/h7-12,14H,6,13H2,1-5H3,(H,31,32). The van der Waals surface area contributed by atoms with Crippen LogP contribution in [0.4, 0.5) is 23.7 Å². The molecule has 8 nitrogen and oxygen atoms in total. The minimum Gasteiger partial charge on any atom is -0.478 e. The summed E-state index contributed by atoms with van der Waals surface area (Å²) < 4.78 is 47.3. The molecular weight excluding hydrogens is 469 g/mol. The van der Waals surface area contributed by atoms with E-state index in [-0.39, 0.29) is 18.8 Å². The third kappa shape index (κ3) is 7.11. The highest BCUT2D eigenvalue weighted by atomic mass is 19.4. The van der Waals surface area contributed by atoms with Crippen molar-refractivity contribution >= 4 is 24.1 Å². The number of carboxylic acid groups (broad SMARTS) is 1. The Bertz CT molecular complexity index is 1080. The molecule has 0 bridgehead atoms. The van der Waals surface area contributed by atoms with Gasteiger partial charge in [0, 0.05) is 18.3 Å². The minimum atomic E-state index is -4.89. The molecule has 0 fully saturated rings. The zero-order chi connectivity index (χ0) is 26.6. The lowest BCUT2D eigenvalue weighted by atomic mass is 10.0. The van der Waals surface area contributed by atoms with Crippen molar-refractivity contribution in [2.24, 2.45) is 0 Å². The predicted octanol–water partition coefficient (Wildman–Crippen LogP) is 5.05. The fourth-order valence-electron chi connectivity index (χ4n) is 3.37. The van der Waals surface area contributed by atoms with Crippen LogP contribution >= 0.6 is 0 Å². The lowest BCUT2D eigenvalue weighted by molar-refractivity contribution is -0.274. The highest BCUT2D eigenvalue weighted by Gasteiger charge is 2.32. The van der Waals surface area contributed by atoms with Gasteiger partial charge in [-0.3, -0.25) is 14.6 Å². The van der Waals surface area contributed by atoms with Gasteiger partial charge in [0.15, 0.2) is 5.60 Å². The van der Waals surface area contributed by atoms with E-state index in [9.17, 15) is 32.7 Å². The Kier molecular flexibility index (Phi) is 8.37. The van der Waals surface area contributed by atoms with Gasteiger partial charge in [0.25, 0.3) is 0 Å². The summed E-state index contributed by atoms with van der Waals surface area (Å²) in [5, 5.41) is 9.32. The van der Waals surface area contributed by atoms with Crippen molar-refractivity contribution in [1.82, 2.24) is 4.90 Å². The number of ether oxygens (including phenoxy) is 2. The number of hydrogen-bond donors (Lipinski definition) is 1. The number of carbonyl (C=O) groups is 3. The number of carboxylic acids is 1. The molecule has 1 N–H and O–H groups in total. The van der Waals surface area contributed by atoms with Crippen molar-refractivity contribution < 1.29 is 42.1 Å². The second kappa shape index (κ2) is 10.7. The van der Waals surface area contributed by atoms with E-state index in [1.165, 1.54) is 26.0 Å². The van der Waals surface area contributed by atoms with Gasteiger partial charge in [-0.05, 0) is 63.4 Å². The molecule has 0 radical (unpaired) electrons. The zero-order valence-corrected chi connectivity index (χ0v) is 20.0. The van der Waals surface area contributed by atoms with Crippen LogP contribution in [0.3, 0.4) is 0 Å². The van der Waals surface area contributed by atoms with Crippen molar-refractivity contribution in [2.45, 2.75) is 53.1 Å². The maximum Gasteiger partial charge on any atom is 0.573 e. The number of benzene rings is 2. The molecule has 3 amide bonds. The average molecular weight is 496 g/mol. The Labute approximate surface area is 200 Å². The monoisotopic (exact) mass is 496 g/mol. The SMILES string of the molecule is CCN(C(=O)N(C=O)Cc1cc(C)c(OC(C)(C)C(=O)O)c(C)c1)c1cccc(OC(F)(F)F)c1. The van der Waals surface area contributed by atoms with E-state index in [1.54, 1.807) is 32.9 Å². The van der Waals surface area contributed by atoms with Crippen LogP contribution in [0.25, 0.3) is 0 Å². The largest absolute Gasteiger partial charge is 0.573 e. The molecule has 0 saturated carbocycles. The number of hydrogen-bond acceptors (Lipinski definition) is 5. The van der Waals surface area contributed by atoms with Crippen molar-refractivity contribution in [2.75, 3.05) is 11.4 Å². The summed E-state index contributed by atoms with van der Waals surface area (Å²) in [5.74, 6) is -1.26. The van der Waals surface area contributed by atoms with Gasteiger partial charge in [-0.2, -0.15) is 0 Å². The molecule has 11 heteroatoms. The minimum absolute atomic E-state index is 0.0771. The van der Waals surface area contributed by atoms with Crippen LogP contribution in [0.2, 0.25) is 0 Å². The molecule has 2 rings (SSSR count). The van der Waals surface area contributed by atoms with E-state index in [0.717, 1.165) is 21.9 Å². The Morgan fingerprint density at radius 3 is 2.14 bits per heavy atom. The highest BCUT2D eigenvalue weighted by Crippen LogP contribution is 2.30. The zero-order valence-electron chi connectivity index (χ0n) is 20.0. The Hall–Kier alpha value is -3.76. The van der Waals surface area contributed by atoms with E-state index >= 15 is 0 Å². The Balaban J connectivity index is 2.28. The lowest BCUT2D eigenvalue weighted by Crippen LogP contribution is -2.42. The molecule has 0 aromatic heterocycles. The van der Waals surface area contributed by atoms with Crippen LogP contribution in [0.5, 0.6) is 11.5 Å². The predicted molar refractivity (Wildman–Crippen MR) is 121 cm³/mol. The van der Waals surface area contributed by atoms with Crippen LogP contribution < -0.4 is 14.4 Å². The highest BCUT2D eigenvalue weighted by molar-refractivity contribution is 5.97. The summed E-state index contributed by atoms with van der Waals surface area (Å²) in [4.78, 5) is 38.3. The quantitative estimate of drug-likeness (QED) is 0.488. The molecule has 2 aromatic rings. The molecule has 0 spiro atoms. The van der Waals surface area contributed by atoms with Crippen molar-refractivity contribution in [1.29, 1.82) is 0 Å². The molecule has 0 saturated heterocycles. The van der Waals surface area contributed by atoms with Crippen LogP contribution in [-0.4, -0.2) is 46.9 Å². The Morgan fingerprint density at radius 1 is 1.06 bits per heavy atom. The van der Waals surface area contributed by atoms with Crippen molar-refractivity contribution in [3.05, 3.63) is 53.1 Å². The molecule has 0 unspecified atom stereocenters. The summed E-state index contributed by atoms with van der Waals surface area (Å²) in [5.41, 5.74) is 0.451. The van der Waals surface area contributed by atoms with Gasteiger partial charge < -0.3 is 14.6 Å². The molecule has 0 aliphatic heterocycles. The molecule has 0 atom stereocenters. The molecule has 2 aromatic carbocycles. The summed E-state index contributed by atoms with van der Waals surface area (Å²) >= 11 is 0. The van der Waals surface area contributed by atoms with E-state index in [4.69, 9.17) is 4.74 Å².